The van der Waals surface area contributed by atoms with Gasteiger partial charge in [-0.1, -0.05) is 0 Å². The fourth-order valence-corrected chi connectivity index (χ4v) is 1.38. The van der Waals surface area contributed by atoms with E-state index in [0.29, 0.717) is 6.42 Å². The maximum absolute atomic E-state index is 9.24. The topological polar surface area (TPSA) is 72.3 Å². The van der Waals surface area contributed by atoms with Crippen LogP contribution >= 0.6 is 0 Å². The lowest BCUT2D eigenvalue weighted by molar-refractivity contribution is 0.150. The molecule has 4 heteroatoms. The van der Waals surface area contributed by atoms with E-state index in [2.05, 4.69) is 4.98 Å². The molecule has 0 aliphatic heterocycles. The Hall–Kier alpha value is -1.03. The number of hydrogen-bond donors (Lipinski definition) is 2. The predicted molar refractivity (Wildman–Crippen MR) is 38.9 cm³/mol. The van der Waals surface area contributed by atoms with Crippen molar-refractivity contribution in [2.24, 2.45) is 0 Å². The number of aliphatic hydroxyl groups is 1. The van der Waals surface area contributed by atoms with Crippen LogP contribution in [0.1, 0.15) is 17.9 Å². The molecule has 0 aromatic carbocycles. The fourth-order valence-electron chi connectivity index (χ4n) is 1.38. The lowest BCUT2D eigenvalue weighted by atomic mass is 10.00. The summed E-state index contributed by atoms with van der Waals surface area (Å²) in [5.41, 5.74) is 6.25. The lowest BCUT2D eigenvalue weighted by Gasteiger charge is -2.13. The van der Waals surface area contributed by atoms with E-state index in [1.54, 1.807) is 0 Å². The highest BCUT2D eigenvalue weighted by atomic mass is 16.4. The summed E-state index contributed by atoms with van der Waals surface area (Å²) in [5, 5.41) is 9.24. The monoisotopic (exact) mass is 154 g/mol. The van der Waals surface area contributed by atoms with Crippen molar-refractivity contribution in [1.82, 2.24) is 4.98 Å². The zero-order valence-electron chi connectivity index (χ0n) is 6.08. The van der Waals surface area contributed by atoms with E-state index in [0.717, 1.165) is 24.3 Å². The molecule has 60 valence electrons. The van der Waals surface area contributed by atoms with Crippen LogP contribution in [-0.4, -0.2) is 16.2 Å². The molecule has 0 saturated heterocycles. The molecule has 0 bridgehead atoms. The van der Waals surface area contributed by atoms with Gasteiger partial charge in [0.05, 0.1) is 11.8 Å². The van der Waals surface area contributed by atoms with Crippen LogP contribution in [0.2, 0.25) is 0 Å². The first-order valence-corrected chi connectivity index (χ1v) is 3.68. The molecule has 0 spiro atoms. The summed E-state index contributed by atoms with van der Waals surface area (Å²) >= 11 is 0. The molecule has 3 N–H and O–H groups in total. The number of oxazole rings is 1. The normalized spacial score (nSPS) is 23.2. The van der Waals surface area contributed by atoms with Gasteiger partial charge in [0, 0.05) is 6.42 Å². The van der Waals surface area contributed by atoms with E-state index in [1.165, 1.54) is 0 Å². The summed E-state index contributed by atoms with van der Waals surface area (Å²) in [6.07, 6.45) is 1.81. The number of aliphatic hydroxyl groups excluding tert-OH is 1. The Labute approximate surface area is 64.0 Å². The largest absolute Gasteiger partial charge is 0.429 e. The van der Waals surface area contributed by atoms with E-state index in [-0.39, 0.29) is 12.1 Å². The zero-order chi connectivity index (χ0) is 7.84. The SMILES string of the molecule is Nc1nc2c(o1)CC(O)CC2. The molecule has 0 radical (unpaired) electrons. The van der Waals surface area contributed by atoms with Gasteiger partial charge < -0.3 is 15.3 Å². The molecule has 0 saturated carbocycles. The molecule has 1 atom stereocenters. The summed E-state index contributed by atoms with van der Waals surface area (Å²) < 4.78 is 5.08. The fraction of sp³-hybridized carbons (Fsp3) is 0.571. The summed E-state index contributed by atoms with van der Waals surface area (Å²) in [5.74, 6) is 0.751. The molecule has 1 aromatic rings. The van der Waals surface area contributed by atoms with Gasteiger partial charge in [-0.3, -0.25) is 0 Å². The van der Waals surface area contributed by atoms with Crippen molar-refractivity contribution in [3.05, 3.63) is 11.5 Å². The molecule has 1 unspecified atom stereocenters. The Kier molecular flexibility index (Phi) is 1.35. The number of nitrogens with two attached hydrogens (primary N) is 1. The lowest BCUT2D eigenvalue weighted by Crippen LogP contribution is -2.17. The van der Waals surface area contributed by atoms with E-state index < -0.39 is 0 Å². The summed E-state index contributed by atoms with van der Waals surface area (Å²) in [6, 6.07) is 0.212. The maximum Gasteiger partial charge on any atom is 0.292 e. The molecule has 1 heterocycles. The van der Waals surface area contributed by atoms with Crippen molar-refractivity contribution >= 4 is 6.01 Å². The van der Waals surface area contributed by atoms with Crippen LogP contribution in [0, 0.1) is 0 Å². The van der Waals surface area contributed by atoms with Crippen LogP contribution < -0.4 is 5.73 Å². The predicted octanol–water partition coefficient (Wildman–Crippen LogP) is 0.106. The summed E-state index contributed by atoms with van der Waals surface area (Å²) in [7, 11) is 0. The minimum Gasteiger partial charge on any atom is -0.429 e. The van der Waals surface area contributed by atoms with Gasteiger partial charge in [0.2, 0.25) is 0 Å². The number of fused-ring (bicyclic) bond motifs is 1. The molecule has 1 aliphatic carbocycles. The van der Waals surface area contributed by atoms with Crippen LogP contribution in [0.3, 0.4) is 0 Å². The minimum absolute atomic E-state index is 0.212. The van der Waals surface area contributed by atoms with E-state index in [1.807, 2.05) is 0 Å². The number of nitrogens with zero attached hydrogens (tertiary/aromatic N) is 1. The van der Waals surface area contributed by atoms with Crippen molar-refractivity contribution in [1.29, 1.82) is 0 Å². The van der Waals surface area contributed by atoms with Crippen molar-refractivity contribution in [2.45, 2.75) is 25.4 Å². The highest BCUT2D eigenvalue weighted by Gasteiger charge is 2.21. The number of anilines is 1. The zero-order valence-corrected chi connectivity index (χ0v) is 6.08. The second-order valence-electron chi connectivity index (χ2n) is 2.82. The third kappa shape index (κ3) is 1.09. The number of aromatic nitrogens is 1. The number of nitrogen functional groups attached to an aromatic ring is 1. The average Bonchev–Trinajstić information content (AvgIpc) is 2.27. The van der Waals surface area contributed by atoms with E-state index in [9.17, 15) is 5.11 Å². The van der Waals surface area contributed by atoms with Crippen molar-refractivity contribution in [3.63, 3.8) is 0 Å². The van der Waals surface area contributed by atoms with Crippen molar-refractivity contribution in [2.75, 3.05) is 5.73 Å². The van der Waals surface area contributed by atoms with Crippen LogP contribution in [0.4, 0.5) is 6.01 Å². The first kappa shape index (κ1) is 6.67. The van der Waals surface area contributed by atoms with E-state index >= 15 is 0 Å². The first-order valence-electron chi connectivity index (χ1n) is 3.68. The van der Waals surface area contributed by atoms with Crippen molar-refractivity contribution < 1.29 is 9.52 Å². The molecular formula is C7H10N2O2. The Morgan fingerprint density at radius 2 is 2.45 bits per heavy atom. The van der Waals surface area contributed by atoms with Gasteiger partial charge in [0.25, 0.3) is 6.01 Å². The van der Waals surface area contributed by atoms with Gasteiger partial charge in [0.15, 0.2) is 0 Å². The van der Waals surface area contributed by atoms with Crippen LogP contribution in [0.25, 0.3) is 0 Å². The third-order valence-corrected chi connectivity index (χ3v) is 1.93. The van der Waals surface area contributed by atoms with Gasteiger partial charge in [-0.2, -0.15) is 4.98 Å². The number of aryl methyl sites for hydroxylation is 1. The number of rotatable bonds is 0. The maximum atomic E-state index is 9.24. The molecule has 11 heavy (non-hydrogen) atoms. The smallest absolute Gasteiger partial charge is 0.292 e. The Morgan fingerprint density at radius 3 is 3.27 bits per heavy atom. The second-order valence-corrected chi connectivity index (χ2v) is 2.82. The summed E-state index contributed by atoms with van der Waals surface area (Å²) in [6.45, 7) is 0. The van der Waals surface area contributed by atoms with Crippen LogP contribution in [-0.2, 0) is 12.8 Å². The molecule has 0 amide bonds. The van der Waals surface area contributed by atoms with Crippen LogP contribution in [0.15, 0.2) is 4.42 Å². The van der Waals surface area contributed by atoms with Crippen LogP contribution in [0.5, 0.6) is 0 Å². The van der Waals surface area contributed by atoms with Gasteiger partial charge in [-0.25, -0.2) is 0 Å². The highest BCUT2D eigenvalue weighted by Crippen LogP contribution is 2.22. The third-order valence-electron chi connectivity index (χ3n) is 1.93. The summed E-state index contributed by atoms with van der Waals surface area (Å²) in [4.78, 5) is 3.99. The quantitative estimate of drug-likeness (QED) is 0.556. The molecule has 4 nitrogen and oxygen atoms in total. The van der Waals surface area contributed by atoms with Crippen molar-refractivity contribution in [3.8, 4) is 0 Å². The van der Waals surface area contributed by atoms with Gasteiger partial charge >= 0.3 is 0 Å². The number of hydrogen-bond acceptors (Lipinski definition) is 4. The standard InChI is InChI=1S/C7H10N2O2/c8-7-9-5-2-1-4(10)3-6(5)11-7/h4,10H,1-3H2,(H2,8,9). The molecule has 1 aliphatic rings. The average molecular weight is 154 g/mol. The first-order chi connectivity index (χ1) is 5.25. The molecule has 1 aromatic heterocycles. The second kappa shape index (κ2) is 2.23. The van der Waals surface area contributed by atoms with Gasteiger partial charge in [0.1, 0.15) is 5.76 Å². The van der Waals surface area contributed by atoms with Gasteiger partial charge in [-0.15, -0.1) is 0 Å². The van der Waals surface area contributed by atoms with Gasteiger partial charge in [-0.05, 0) is 12.8 Å². The Bertz CT molecular complexity index is 269. The highest BCUT2D eigenvalue weighted by molar-refractivity contribution is 5.22. The molecular weight excluding hydrogens is 144 g/mol. The van der Waals surface area contributed by atoms with E-state index in [4.69, 9.17) is 10.2 Å². The Morgan fingerprint density at radius 1 is 1.64 bits per heavy atom. The molecule has 2 rings (SSSR count). The molecule has 0 fully saturated rings. The Balaban J connectivity index is 2.34. The minimum atomic E-state index is -0.283.